The number of aryl methyl sites for hydroxylation is 1. The summed E-state index contributed by atoms with van der Waals surface area (Å²) in [5.74, 6) is 0.846. The van der Waals surface area contributed by atoms with E-state index in [0.29, 0.717) is 6.61 Å². The molecule has 0 spiro atoms. The summed E-state index contributed by atoms with van der Waals surface area (Å²) in [5.41, 5.74) is 2.29. The van der Waals surface area contributed by atoms with Crippen molar-refractivity contribution >= 4 is 0 Å². The molecule has 1 aromatic rings. The molecular weight excluding hydrogens is 228 g/mol. The van der Waals surface area contributed by atoms with Crippen molar-refractivity contribution in [2.45, 2.75) is 44.8 Å². The lowest BCUT2D eigenvalue weighted by Crippen LogP contribution is -2.15. The number of fused-ring (bicyclic) bond motifs is 1. The average molecular weight is 250 g/mol. The van der Waals surface area contributed by atoms with Gasteiger partial charge in [0.15, 0.2) is 0 Å². The summed E-state index contributed by atoms with van der Waals surface area (Å²) in [5, 5.41) is 9.99. The van der Waals surface area contributed by atoms with E-state index in [1.165, 1.54) is 5.56 Å². The zero-order valence-corrected chi connectivity index (χ0v) is 11.2. The number of hydrogen-bond acceptors (Lipinski definition) is 3. The zero-order valence-electron chi connectivity index (χ0n) is 11.2. The molecule has 1 unspecified atom stereocenters. The van der Waals surface area contributed by atoms with E-state index in [2.05, 4.69) is 6.07 Å². The molecule has 1 aliphatic carbocycles. The fourth-order valence-corrected chi connectivity index (χ4v) is 2.40. The number of benzene rings is 1. The smallest absolute Gasteiger partial charge is 0.120 e. The molecule has 3 heteroatoms. The molecule has 100 valence electrons. The minimum absolute atomic E-state index is 0.128. The number of ether oxygens (including phenoxy) is 2. The Morgan fingerprint density at radius 3 is 3.06 bits per heavy atom. The Morgan fingerprint density at radius 2 is 2.28 bits per heavy atom. The third-order valence-corrected chi connectivity index (χ3v) is 3.47. The second-order valence-corrected chi connectivity index (χ2v) is 4.98. The molecule has 1 aromatic carbocycles. The Hall–Kier alpha value is -1.06. The van der Waals surface area contributed by atoms with Crippen molar-refractivity contribution < 1.29 is 14.6 Å². The van der Waals surface area contributed by atoms with Crippen LogP contribution in [0.1, 0.15) is 43.4 Å². The van der Waals surface area contributed by atoms with Crippen molar-refractivity contribution in [3.05, 3.63) is 29.3 Å². The summed E-state index contributed by atoms with van der Waals surface area (Å²) in [6, 6.07) is 6.07. The van der Waals surface area contributed by atoms with Crippen LogP contribution in [0.3, 0.4) is 0 Å². The van der Waals surface area contributed by atoms with Gasteiger partial charge in [-0.1, -0.05) is 6.07 Å². The van der Waals surface area contributed by atoms with E-state index < -0.39 is 0 Å². The van der Waals surface area contributed by atoms with Gasteiger partial charge in [-0.2, -0.15) is 0 Å². The van der Waals surface area contributed by atoms with Gasteiger partial charge in [0, 0.05) is 20.1 Å². The van der Waals surface area contributed by atoms with E-state index in [9.17, 15) is 5.11 Å². The summed E-state index contributed by atoms with van der Waals surface area (Å²) in [6.07, 6.45) is 3.66. The molecule has 3 nitrogen and oxygen atoms in total. The number of aliphatic hydroxyl groups excluding tert-OH is 1. The summed E-state index contributed by atoms with van der Waals surface area (Å²) in [7, 11) is 1.70. The molecule has 0 aromatic heterocycles. The summed E-state index contributed by atoms with van der Waals surface area (Å²) < 4.78 is 10.9. The van der Waals surface area contributed by atoms with Gasteiger partial charge in [-0.3, -0.25) is 0 Å². The van der Waals surface area contributed by atoms with Gasteiger partial charge in [0.25, 0.3) is 0 Å². The molecule has 0 saturated heterocycles. The van der Waals surface area contributed by atoms with E-state index in [1.807, 2.05) is 19.1 Å². The highest BCUT2D eigenvalue weighted by molar-refractivity contribution is 5.38. The molecule has 1 N–H and O–H groups in total. The van der Waals surface area contributed by atoms with Gasteiger partial charge in [0.1, 0.15) is 5.75 Å². The molecule has 18 heavy (non-hydrogen) atoms. The van der Waals surface area contributed by atoms with Crippen molar-refractivity contribution in [3.63, 3.8) is 0 Å². The maximum absolute atomic E-state index is 9.99. The molecule has 0 amide bonds. The van der Waals surface area contributed by atoms with Gasteiger partial charge in [0.2, 0.25) is 0 Å². The average Bonchev–Trinajstić information content (AvgIpc) is 2.37. The standard InChI is InChI=1S/C15H22O3/c1-11(8-9-17-2)18-13-7-6-12-4-3-5-15(16)14(12)10-13/h6-7,10-11,15-16H,3-5,8-9H2,1-2H3/t11?,15-/m1/s1. The van der Waals surface area contributed by atoms with Gasteiger partial charge in [-0.15, -0.1) is 0 Å². The lowest BCUT2D eigenvalue weighted by Gasteiger charge is -2.23. The van der Waals surface area contributed by atoms with E-state index in [-0.39, 0.29) is 12.2 Å². The van der Waals surface area contributed by atoms with E-state index in [1.54, 1.807) is 7.11 Å². The second-order valence-electron chi connectivity index (χ2n) is 4.98. The highest BCUT2D eigenvalue weighted by Gasteiger charge is 2.18. The Balaban J connectivity index is 2.04. The summed E-state index contributed by atoms with van der Waals surface area (Å²) in [6.45, 7) is 2.74. The molecule has 1 aliphatic rings. The zero-order chi connectivity index (χ0) is 13.0. The molecule has 0 fully saturated rings. The molecule has 2 rings (SSSR count). The first-order valence-corrected chi connectivity index (χ1v) is 6.67. The van der Waals surface area contributed by atoms with Crippen molar-refractivity contribution in [2.24, 2.45) is 0 Å². The predicted molar refractivity (Wildman–Crippen MR) is 70.9 cm³/mol. The topological polar surface area (TPSA) is 38.7 Å². The van der Waals surface area contributed by atoms with Crippen molar-refractivity contribution in [1.82, 2.24) is 0 Å². The van der Waals surface area contributed by atoms with Crippen LogP contribution in [0.25, 0.3) is 0 Å². The molecular formula is C15H22O3. The van der Waals surface area contributed by atoms with Crippen LogP contribution in [0.15, 0.2) is 18.2 Å². The molecule has 2 atom stereocenters. The highest BCUT2D eigenvalue weighted by atomic mass is 16.5. The Labute approximate surface area is 109 Å². The van der Waals surface area contributed by atoms with E-state index in [4.69, 9.17) is 9.47 Å². The second kappa shape index (κ2) is 6.21. The highest BCUT2D eigenvalue weighted by Crippen LogP contribution is 2.32. The first-order chi connectivity index (χ1) is 8.70. The SMILES string of the molecule is COCCC(C)Oc1ccc2c(c1)[C@H](O)CCC2. The molecule has 0 aliphatic heterocycles. The van der Waals surface area contributed by atoms with Crippen LogP contribution in [0, 0.1) is 0 Å². The van der Waals surface area contributed by atoms with Crippen LogP contribution in [0.4, 0.5) is 0 Å². The molecule has 0 saturated carbocycles. The van der Waals surface area contributed by atoms with Gasteiger partial charge >= 0.3 is 0 Å². The lowest BCUT2D eigenvalue weighted by atomic mass is 9.89. The Kier molecular flexibility index (Phi) is 4.61. The largest absolute Gasteiger partial charge is 0.491 e. The van der Waals surface area contributed by atoms with Crippen molar-refractivity contribution in [3.8, 4) is 5.75 Å². The monoisotopic (exact) mass is 250 g/mol. The summed E-state index contributed by atoms with van der Waals surface area (Å²) in [4.78, 5) is 0. The Bertz CT molecular complexity index is 389. The van der Waals surface area contributed by atoms with Crippen molar-refractivity contribution in [1.29, 1.82) is 0 Å². The quantitative estimate of drug-likeness (QED) is 0.873. The molecule has 0 heterocycles. The van der Waals surface area contributed by atoms with Gasteiger partial charge in [-0.25, -0.2) is 0 Å². The van der Waals surface area contributed by atoms with Gasteiger partial charge in [-0.05, 0) is 49.4 Å². The van der Waals surface area contributed by atoms with Crippen LogP contribution in [-0.4, -0.2) is 24.9 Å². The normalized spacial score (nSPS) is 20.3. The van der Waals surface area contributed by atoms with Crippen LogP contribution < -0.4 is 4.74 Å². The maximum atomic E-state index is 9.99. The first kappa shape index (κ1) is 13.4. The number of aliphatic hydroxyl groups is 1. The van der Waals surface area contributed by atoms with Gasteiger partial charge in [0.05, 0.1) is 12.2 Å². The minimum Gasteiger partial charge on any atom is -0.491 e. The number of hydrogen-bond donors (Lipinski definition) is 1. The summed E-state index contributed by atoms with van der Waals surface area (Å²) >= 11 is 0. The Morgan fingerprint density at radius 1 is 1.44 bits per heavy atom. The number of methoxy groups -OCH3 is 1. The third kappa shape index (κ3) is 3.24. The first-order valence-electron chi connectivity index (χ1n) is 6.67. The molecule has 0 bridgehead atoms. The third-order valence-electron chi connectivity index (χ3n) is 3.47. The number of rotatable bonds is 5. The van der Waals surface area contributed by atoms with E-state index >= 15 is 0 Å². The molecule has 0 radical (unpaired) electrons. The van der Waals surface area contributed by atoms with Crippen LogP contribution in [0.5, 0.6) is 5.75 Å². The van der Waals surface area contributed by atoms with Crippen molar-refractivity contribution in [2.75, 3.05) is 13.7 Å². The maximum Gasteiger partial charge on any atom is 0.120 e. The van der Waals surface area contributed by atoms with Crippen LogP contribution in [-0.2, 0) is 11.2 Å². The van der Waals surface area contributed by atoms with E-state index in [0.717, 1.165) is 37.0 Å². The van der Waals surface area contributed by atoms with Gasteiger partial charge < -0.3 is 14.6 Å². The lowest BCUT2D eigenvalue weighted by molar-refractivity contribution is 0.133. The fraction of sp³-hybridized carbons (Fsp3) is 0.600. The predicted octanol–water partition coefficient (Wildman–Crippen LogP) is 2.86. The van der Waals surface area contributed by atoms with Crippen LogP contribution >= 0.6 is 0 Å². The fourth-order valence-electron chi connectivity index (χ4n) is 2.40. The minimum atomic E-state index is -0.327. The van der Waals surface area contributed by atoms with Crippen LogP contribution in [0.2, 0.25) is 0 Å².